The molecular formula is C65H49N4Pt-. The fraction of sp³-hybridized carbons (Fsp3) is 0.0769. The molecule has 0 spiro atoms. The minimum atomic E-state index is -0.828. The zero-order chi connectivity index (χ0) is 46.5. The van der Waals surface area contributed by atoms with Gasteiger partial charge >= 0.3 is 0 Å². The van der Waals surface area contributed by atoms with Gasteiger partial charge in [0.15, 0.2) is 17.4 Å². The van der Waals surface area contributed by atoms with Gasteiger partial charge in [0.05, 0.1) is 5.54 Å². The Labute approximate surface area is 424 Å². The number of pyridine rings is 1. The summed E-state index contributed by atoms with van der Waals surface area (Å²) in [6, 6.07) is 90.9. The number of benzene rings is 9. The fourth-order valence-electron chi connectivity index (χ4n) is 10.6. The number of aromatic nitrogens is 4. The monoisotopic (exact) mass is 1080 g/mol. The van der Waals surface area contributed by atoms with E-state index in [1.54, 1.807) is 0 Å². The molecule has 0 aliphatic carbocycles. The molecule has 0 unspecified atom stereocenters. The van der Waals surface area contributed by atoms with Crippen LogP contribution in [0.3, 0.4) is 0 Å². The molecule has 12 rings (SSSR count). The minimum Gasteiger partial charge on any atom is -0.319 e. The molecule has 0 saturated heterocycles. The first-order valence-corrected chi connectivity index (χ1v) is 23.7. The number of rotatable bonds is 9. The van der Waals surface area contributed by atoms with Gasteiger partial charge in [0.25, 0.3) is 0 Å². The third kappa shape index (κ3) is 7.51. The van der Waals surface area contributed by atoms with Crippen LogP contribution in [0.4, 0.5) is 0 Å². The summed E-state index contributed by atoms with van der Waals surface area (Å²) in [5, 5.41) is 2.25. The third-order valence-corrected chi connectivity index (χ3v) is 13.7. The van der Waals surface area contributed by atoms with Gasteiger partial charge in [-0.05, 0) is 101 Å². The molecule has 9 aromatic carbocycles. The third-order valence-electron chi connectivity index (χ3n) is 13.7. The van der Waals surface area contributed by atoms with Gasteiger partial charge in [0.2, 0.25) is 0 Å². The number of hydrogen-bond donors (Lipinski definition) is 0. The van der Waals surface area contributed by atoms with Gasteiger partial charge < -0.3 is 4.57 Å². The SMILES string of the molecule is CC(C)(C)n1[cH+]n(-c2[c-]c(C(c3[c-]c4c(cc3)c3ccccc3n4-c3cc(-c4c(-c5ccccc5)cccc4-c4ccccc4)ccn3)(c3ccccc3)c3ccccc3)ccc2)c2ccccc21.[Pt]. The van der Waals surface area contributed by atoms with Crippen LogP contribution in [0.2, 0.25) is 0 Å². The van der Waals surface area contributed by atoms with E-state index in [9.17, 15) is 0 Å². The summed E-state index contributed by atoms with van der Waals surface area (Å²) in [4.78, 5) is 5.20. The maximum absolute atomic E-state index is 5.20. The van der Waals surface area contributed by atoms with Crippen molar-refractivity contribution in [3.05, 3.63) is 277 Å². The van der Waals surface area contributed by atoms with E-state index >= 15 is 0 Å². The van der Waals surface area contributed by atoms with Crippen molar-refractivity contribution in [2.24, 2.45) is 0 Å². The Morgan fingerprint density at radius 2 is 1.00 bits per heavy atom. The summed E-state index contributed by atoms with van der Waals surface area (Å²) in [7, 11) is 0. The molecule has 0 N–H and O–H groups in total. The second-order valence-corrected chi connectivity index (χ2v) is 18.8. The van der Waals surface area contributed by atoms with Gasteiger partial charge in [-0.1, -0.05) is 169 Å². The first-order chi connectivity index (χ1) is 33.9. The van der Waals surface area contributed by atoms with E-state index in [1.807, 2.05) is 6.20 Å². The van der Waals surface area contributed by atoms with Crippen LogP contribution in [0.5, 0.6) is 0 Å². The van der Waals surface area contributed by atoms with Crippen LogP contribution in [0.25, 0.3) is 77.7 Å². The molecule has 0 aliphatic rings. The second-order valence-electron chi connectivity index (χ2n) is 18.8. The zero-order valence-electron chi connectivity index (χ0n) is 39.2. The van der Waals surface area contributed by atoms with Crippen molar-refractivity contribution in [2.45, 2.75) is 31.7 Å². The molecule has 0 saturated carbocycles. The number of imidazole rings is 1. The van der Waals surface area contributed by atoms with Gasteiger partial charge in [0, 0.05) is 56.0 Å². The van der Waals surface area contributed by atoms with Crippen LogP contribution in [0.15, 0.2) is 243 Å². The largest absolute Gasteiger partial charge is 0.319 e. The van der Waals surface area contributed by atoms with Crippen LogP contribution in [-0.4, -0.2) is 18.7 Å². The molecular weight excluding hydrogens is 1030 g/mol. The topological polar surface area (TPSA) is 27.7 Å². The van der Waals surface area contributed by atoms with Gasteiger partial charge in [-0.25, -0.2) is 14.1 Å². The molecule has 0 radical (unpaired) electrons. The Balaban J connectivity index is 0.00000533. The van der Waals surface area contributed by atoms with E-state index in [2.05, 4.69) is 283 Å². The molecule has 0 bridgehead atoms. The molecule has 3 heterocycles. The summed E-state index contributed by atoms with van der Waals surface area (Å²) in [5.41, 5.74) is 15.5. The number of fused-ring (bicyclic) bond motifs is 4. The van der Waals surface area contributed by atoms with Crippen molar-refractivity contribution in [1.82, 2.24) is 18.7 Å². The predicted octanol–water partition coefficient (Wildman–Crippen LogP) is 15.9. The molecule has 0 aliphatic heterocycles. The van der Waals surface area contributed by atoms with E-state index in [-0.39, 0.29) is 26.6 Å². The summed E-state index contributed by atoms with van der Waals surface area (Å²) in [6.45, 7) is 6.76. The maximum atomic E-state index is 5.20. The van der Waals surface area contributed by atoms with Crippen molar-refractivity contribution in [2.75, 3.05) is 0 Å². The summed E-state index contributed by atoms with van der Waals surface area (Å²) >= 11 is 0. The fourth-order valence-corrected chi connectivity index (χ4v) is 10.6. The van der Waals surface area contributed by atoms with E-state index in [0.717, 1.165) is 83.3 Å². The molecule has 0 atom stereocenters. The van der Waals surface area contributed by atoms with Crippen molar-refractivity contribution in [1.29, 1.82) is 0 Å². The zero-order valence-corrected chi connectivity index (χ0v) is 41.5. The molecule has 340 valence electrons. The van der Waals surface area contributed by atoms with Crippen LogP contribution in [0, 0.1) is 12.1 Å². The number of nitrogens with zero attached hydrogens (tertiary/aromatic N) is 4. The standard InChI is InChI=1S/C65H49N4.Pt/c1-64(2,3)68-45-67(59-36-18-19-37-60(59)68)53-31-20-30-51(43-53)65(49-26-12-6-13-27-49,50-28-14-7-15-29-50)52-38-39-57-56-32-16-17-35-58(56)69(61(57)44-52)62-42-48(40-41-66-62)63-54(46-22-8-4-9-23-46)33-21-34-55(63)47-24-10-5-11-25-47;/h4-42,45H,1-3H3;/q-1;. The number of para-hydroxylation sites is 3. The Kier molecular flexibility index (Phi) is 11.6. The summed E-state index contributed by atoms with van der Waals surface area (Å²) < 4.78 is 6.95. The molecule has 12 aromatic rings. The van der Waals surface area contributed by atoms with Crippen LogP contribution in [0.1, 0.15) is 43.0 Å². The smallest absolute Gasteiger partial charge is 0.188 e. The van der Waals surface area contributed by atoms with Gasteiger partial charge in [-0.2, -0.15) is 30.3 Å². The first-order valence-electron chi connectivity index (χ1n) is 23.7. The summed E-state index contributed by atoms with van der Waals surface area (Å²) in [6.07, 6.45) is 4.18. The van der Waals surface area contributed by atoms with E-state index in [4.69, 9.17) is 4.98 Å². The van der Waals surface area contributed by atoms with E-state index < -0.39 is 5.41 Å². The normalized spacial score (nSPS) is 11.8. The Morgan fingerprint density at radius 3 is 1.63 bits per heavy atom. The molecule has 4 nitrogen and oxygen atoms in total. The van der Waals surface area contributed by atoms with Crippen molar-refractivity contribution >= 4 is 32.8 Å². The number of hydrogen-bond acceptors (Lipinski definition) is 1. The predicted molar refractivity (Wildman–Crippen MR) is 285 cm³/mol. The van der Waals surface area contributed by atoms with Gasteiger partial charge in [-0.3, -0.25) is 0 Å². The van der Waals surface area contributed by atoms with E-state index in [0.29, 0.717) is 0 Å². The average Bonchev–Trinajstić information content (AvgIpc) is 3.97. The van der Waals surface area contributed by atoms with Gasteiger partial charge in [0.1, 0.15) is 5.82 Å². The second kappa shape index (κ2) is 18.2. The quantitative estimate of drug-likeness (QED) is 0.105. The van der Waals surface area contributed by atoms with Crippen LogP contribution >= 0.6 is 0 Å². The molecule has 70 heavy (non-hydrogen) atoms. The average molecular weight is 1080 g/mol. The van der Waals surface area contributed by atoms with Crippen LogP contribution in [-0.2, 0) is 32.0 Å². The molecule has 5 heteroatoms. The Morgan fingerprint density at radius 1 is 0.457 bits per heavy atom. The summed E-state index contributed by atoms with van der Waals surface area (Å²) in [5.74, 6) is 0.819. The van der Waals surface area contributed by atoms with Crippen molar-refractivity contribution < 1.29 is 21.1 Å². The van der Waals surface area contributed by atoms with Crippen LogP contribution < -0.4 is 0 Å². The maximum Gasteiger partial charge on any atom is 0.188 e. The molecule has 0 fully saturated rings. The van der Waals surface area contributed by atoms with Gasteiger partial charge in [-0.15, -0.1) is 22.6 Å². The first kappa shape index (κ1) is 44.6. The van der Waals surface area contributed by atoms with Crippen molar-refractivity contribution in [3.8, 4) is 44.9 Å². The Bertz CT molecular complexity index is 3710. The van der Waals surface area contributed by atoms with E-state index in [1.165, 1.54) is 16.6 Å². The van der Waals surface area contributed by atoms with Crippen molar-refractivity contribution in [3.63, 3.8) is 0 Å². The minimum absolute atomic E-state index is 0. The molecule has 3 aromatic heterocycles. The Hall–Kier alpha value is -7.91. The molecule has 0 amide bonds.